The van der Waals surface area contributed by atoms with Crippen molar-refractivity contribution < 1.29 is 9.63 Å². The Morgan fingerprint density at radius 1 is 1.00 bits per heavy atom. The number of likely N-dealkylation sites (tertiary alicyclic amines) is 2. The van der Waals surface area contributed by atoms with Gasteiger partial charge in [-0.3, -0.25) is 24.7 Å². The number of rotatable bonds is 5. The van der Waals surface area contributed by atoms with E-state index in [1.165, 1.54) is 38.6 Å². The zero-order valence-electron chi connectivity index (χ0n) is 17.5. The lowest BCUT2D eigenvalue weighted by molar-refractivity contribution is -0.123. The molecule has 4 saturated heterocycles. The third kappa shape index (κ3) is 4.20. The number of amides is 1. The van der Waals surface area contributed by atoms with Crippen molar-refractivity contribution in [2.75, 3.05) is 26.2 Å². The normalized spacial score (nSPS) is 40.9. The molecule has 0 spiro atoms. The largest absolute Gasteiger partial charge is 0.369 e. The number of carbonyl (C=O) groups is 1. The van der Waals surface area contributed by atoms with Gasteiger partial charge < -0.3 is 11.1 Å². The summed E-state index contributed by atoms with van der Waals surface area (Å²) in [6.45, 7) is 4.19. The maximum atomic E-state index is 11.4. The van der Waals surface area contributed by atoms with E-state index in [2.05, 4.69) is 25.9 Å². The molecule has 0 aromatic heterocycles. The molecular weight excluding hydrogens is 368 g/mol. The van der Waals surface area contributed by atoms with Crippen molar-refractivity contribution in [3.05, 3.63) is 0 Å². The number of primary amides is 1. The van der Waals surface area contributed by atoms with Crippen molar-refractivity contribution in [1.82, 2.24) is 25.9 Å². The highest BCUT2D eigenvalue weighted by Gasteiger charge is 2.44. The van der Waals surface area contributed by atoms with Crippen molar-refractivity contribution >= 4 is 5.91 Å². The SMILES string of the molecule is NC(=O)C1CCN(C2CC(C3NOC(C4CCCN4C4CCC4)N3)CCN2)CC1. The average molecular weight is 407 g/mol. The quantitative estimate of drug-likeness (QED) is 0.522. The fraction of sp³-hybridized carbons (Fsp3) is 0.952. The second-order valence-electron chi connectivity index (χ2n) is 9.80. The molecule has 5 atom stereocenters. The molecule has 0 aromatic rings. The summed E-state index contributed by atoms with van der Waals surface area (Å²) in [6.07, 6.45) is 11.4. The molecule has 4 heterocycles. The first-order valence-corrected chi connectivity index (χ1v) is 11.9. The first kappa shape index (κ1) is 20.2. The topological polar surface area (TPSA) is 94.9 Å². The predicted molar refractivity (Wildman–Crippen MR) is 110 cm³/mol. The zero-order valence-corrected chi connectivity index (χ0v) is 17.5. The van der Waals surface area contributed by atoms with Crippen LogP contribution in [0.25, 0.3) is 0 Å². The van der Waals surface area contributed by atoms with Gasteiger partial charge in [-0.2, -0.15) is 5.48 Å². The standard InChI is InChI=1S/C21H38N6O2/c22-19(28)14-7-11-26(12-8-14)18-13-15(6-9-23-18)20-24-21(29-25-20)17-5-2-10-27(17)16-3-1-4-16/h14-18,20-21,23-25H,1-13H2,(H2,22,28). The molecule has 8 nitrogen and oxygen atoms in total. The third-order valence-electron chi connectivity index (χ3n) is 8.17. The molecule has 4 aliphatic heterocycles. The molecule has 0 radical (unpaired) electrons. The second kappa shape index (κ2) is 8.77. The lowest BCUT2D eigenvalue weighted by Gasteiger charge is -2.42. The molecule has 164 valence electrons. The number of piperidine rings is 2. The van der Waals surface area contributed by atoms with Crippen LogP contribution in [-0.2, 0) is 9.63 Å². The Kier molecular flexibility index (Phi) is 6.09. The molecule has 1 aliphatic carbocycles. The van der Waals surface area contributed by atoms with E-state index in [9.17, 15) is 4.79 Å². The van der Waals surface area contributed by atoms with Gasteiger partial charge in [-0.05, 0) is 70.4 Å². The van der Waals surface area contributed by atoms with Crippen LogP contribution in [0.5, 0.6) is 0 Å². The minimum absolute atomic E-state index is 0.0583. The molecule has 8 heteroatoms. The molecule has 5 fully saturated rings. The summed E-state index contributed by atoms with van der Waals surface area (Å²) in [5, 5.41) is 7.49. The van der Waals surface area contributed by atoms with Crippen LogP contribution in [0.4, 0.5) is 0 Å². The number of carbonyl (C=O) groups excluding carboxylic acids is 1. The van der Waals surface area contributed by atoms with Crippen LogP contribution in [0, 0.1) is 11.8 Å². The van der Waals surface area contributed by atoms with Crippen molar-refractivity contribution in [3.8, 4) is 0 Å². The highest BCUT2D eigenvalue weighted by Crippen LogP contribution is 2.34. The summed E-state index contributed by atoms with van der Waals surface area (Å²) in [7, 11) is 0. The molecule has 0 aromatic carbocycles. The Morgan fingerprint density at radius 3 is 2.55 bits per heavy atom. The van der Waals surface area contributed by atoms with Crippen molar-refractivity contribution in [3.63, 3.8) is 0 Å². The average Bonchev–Trinajstić information content (AvgIpc) is 3.36. The number of hydrogen-bond acceptors (Lipinski definition) is 7. The Morgan fingerprint density at radius 2 is 1.83 bits per heavy atom. The molecule has 0 bridgehead atoms. The minimum atomic E-state index is -0.135. The van der Waals surface area contributed by atoms with Gasteiger partial charge in [0.2, 0.25) is 5.91 Å². The number of nitrogens with one attached hydrogen (secondary N) is 3. The van der Waals surface area contributed by atoms with Gasteiger partial charge in [-0.25, -0.2) is 0 Å². The van der Waals surface area contributed by atoms with Gasteiger partial charge in [0.25, 0.3) is 0 Å². The molecule has 5 aliphatic rings. The zero-order chi connectivity index (χ0) is 19.8. The summed E-state index contributed by atoms with van der Waals surface area (Å²) in [5.41, 5.74) is 8.84. The highest BCUT2D eigenvalue weighted by molar-refractivity contribution is 5.76. The van der Waals surface area contributed by atoms with E-state index in [4.69, 9.17) is 10.6 Å². The van der Waals surface area contributed by atoms with E-state index in [1.807, 2.05) is 0 Å². The van der Waals surface area contributed by atoms with Crippen LogP contribution in [0.3, 0.4) is 0 Å². The molecule has 1 amide bonds. The van der Waals surface area contributed by atoms with Gasteiger partial charge in [0.15, 0.2) is 0 Å². The number of nitrogens with two attached hydrogens (primary N) is 1. The molecule has 29 heavy (non-hydrogen) atoms. The van der Waals surface area contributed by atoms with Crippen LogP contribution in [-0.4, -0.2) is 72.5 Å². The third-order valence-corrected chi connectivity index (χ3v) is 8.17. The Balaban J connectivity index is 1.13. The first-order chi connectivity index (χ1) is 14.2. The van der Waals surface area contributed by atoms with E-state index in [-0.39, 0.29) is 24.2 Å². The lowest BCUT2D eigenvalue weighted by Crippen LogP contribution is -2.57. The predicted octanol–water partition coefficient (Wildman–Crippen LogP) is 0.303. The lowest BCUT2D eigenvalue weighted by atomic mass is 9.89. The maximum Gasteiger partial charge on any atom is 0.220 e. The van der Waals surface area contributed by atoms with E-state index in [0.717, 1.165) is 51.4 Å². The fourth-order valence-electron chi connectivity index (χ4n) is 6.13. The van der Waals surface area contributed by atoms with E-state index >= 15 is 0 Å². The number of hydrogen-bond donors (Lipinski definition) is 4. The van der Waals surface area contributed by atoms with Crippen molar-refractivity contribution in [1.29, 1.82) is 0 Å². The minimum Gasteiger partial charge on any atom is -0.369 e. The summed E-state index contributed by atoms with van der Waals surface area (Å²) in [5.74, 6) is 0.478. The van der Waals surface area contributed by atoms with Gasteiger partial charge in [0, 0.05) is 25.0 Å². The van der Waals surface area contributed by atoms with E-state index in [1.54, 1.807) is 0 Å². The van der Waals surface area contributed by atoms with Gasteiger partial charge in [0.1, 0.15) is 6.23 Å². The fourth-order valence-corrected chi connectivity index (χ4v) is 6.13. The first-order valence-electron chi connectivity index (χ1n) is 11.9. The Labute approximate surface area is 174 Å². The van der Waals surface area contributed by atoms with Crippen molar-refractivity contribution in [2.45, 2.75) is 88.4 Å². The number of nitrogens with zero attached hydrogens (tertiary/aromatic N) is 2. The number of hydroxylamine groups is 1. The Bertz CT molecular complexity index is 580. The van der Waals surface area contributed by atoms with Crippen LogP contribution in [0.15, 0.2) is 0 Å². The summed E-state index contributed by atoms with van der Waals surface area (Å²) in [6, 6.07) is 1.31. The molecule has 5 unspecified atom stereocenters. The van der Waals surface area contributed by atoms with Gasteiger partial charge in [-0.1, -0.05) is 6.42 Å². The monoisotopic (exact) mass is 406 g/mol. The second-order valence-corrected chi connectivity index (χ2v) is 9.80. The van der Waals surface area contributed by atoms with Crippen LogP contribution in [0.2, 0.25) is 0 Å². The smallest absolute Gasteiger partial charge is 0.220 e. The van der Waals surface area contributed by atoms with Crippen LogP contribution >= 0.6 is 0 Å². The molecule has 5 N–H and O–H groups in total. The van der Waals surface area contributed by atoms with Crippen molar-refractivity contribution in [2.24, 2.45) is 17.6 Å². The molecule has 5 rings (SSSR count). The van der Waals surface area contributed by atoms with Gasteiger partial charge in [-0.15, -0.1) is 0 Å². The Hall–Kier alpha value is -0.770. The van der Waals surface area contributed by atoms with Crippen LogP contribution < -0.4 is 21.8 Å². The summed E-state index contributed by atoms with van der Waals surface area (Å²) in [4.78, 5) is 22.7. The molecule has 1 saturated carbocycles. The van der Waals surface area contributed by atoms with Gasteiger partial charge >= 0.3 is 0 Å². The highest BCUT2D eigenvalue weighted by atomic mass is 16.7. The maximum absolute atomic E-state index is 11.4. The van der Waals surface area contributed by atoms with Gasteiger partial charge in [0.05, 0.1) is 18.4 Å². The van der Waals surface area contributed by atoms with E-state index in [0.29, 0.717) is 18.1 Å². The summed E-state index contributed by atoms with van der Waals surface area (Å²) < 4.78 is 0. The molecular formula is C21H38N6O2. The van der Waals surface area contributed by atoms with Crippen LogP contribution in [0.1, 0.15) is 57.8 Å². The summed E-state index contributed by atoms with van der Waals surface area (Å²) >= 11 is 0. The van der Waals surface area contributed by atoms with E-state index < -0.39 is 0 Å².